The van der Waals surface area contributed by atoms with Crippen LogP contribution in [0.3, 0.4) is 0 Å². The molecule has 86 valence electrons. The molecule has 1 rings (SSSR count). The summed E-state index contributed by atoms with van der Waals surface area (Å²) < 4.78 is 25.5. The zero-order chi connectivity index (χ0) is 11.1. The van der Waals surface area contributed by atoms with E-state index in [-0.39, 0.29) is 5.03 Å². The summed E-state index contributed by atoms with van der Waals surface area (Å²) in [5.41, 5.74) is 0. The topological polar surface area (TPSA) is 74.8 Å². The second kappa shape index (κ2) is 6.09. The van der Waals surface area contributed by atoms with Gasteiger partial charge in [0, 0.05) is 12.4 Å². The van der Waals surface area contributed by atoms with Crippen molar-refractivity contribution < 1.29 is 8.42 Å². The number of hydrogen-bond acceptors (Lipinski definition) is 3. The first-order valence-electron chi connectivity index (χ1n) is 4.71. The van der Waals surface area contributed by atoms with E-state index in [1.165, 1.54) is 12.5 Å². The third-order valence-electron chi connectivity index (χ3n) is 1.87. The molecule has 2 N–H and O–H groups in total. The number of nitrogens with one attached hydrogen (secondary N) is 2. The van der Waals surface area contributed by atoms with Gasteiger partial charge in [0.2, 0.25) is 0 Å². The molecule has 0 atom stereocenters. The van der Waals surface area contributed by atoms with Gasteiger partial charge in [0.05, 0.1) is 12.5 Å². The van der Waals surface area contributed by atoms with Crippen molar-refractivity contribution in [2.45, 2.75) is 24.3 Å². The molecule has 1 heterocycles. The number of rotatable bonds is 7. The van der Waals surface area contributed by atoms with Crippen molar-refractivity contribution in [2.75, 3.05) is 12.4 Å². The Kier molecular flexibility index (Phi) is 5.07. The normalized spacial score (nSPS) is 11.8. The second-order valence-corrected chi connectivity index (χ2v) is 5.18. The van der Waals surface area contributed by atoms with Gasteiger partial charge in [0.1, 0.15) is 0 Å². The van der Waals surface area contributed by atoms with Crippen molar-refractivity contribution in [2.24, 2.45) is 0 Å². The average molecular weight is 252 g/mol. The Bertz CT molecular complexity index is 363. The largest absolute Gasteiger partial charge is 0.335 e. The Morgan fingerprint density at radius 1 is 1.40 bits per heavy atom. The number of hydrogen-bond donors (Lipinski definition) is 2. The Morgan fingerprint density at radius 3 is 2.80 bits per heavy atom. The number of alkyl halides is 1. The molecule has 7 heteroatoms. The second-order valence-electron chi connectivity index (χ2n) is 3.06. The van der Waals surface area contributed by atoms with Gasteiger partial charge in [-0.15, -0.1) is 11.6 Å². The third kappa shape index (κ3) is 4.19. The fourth-order valence-electron chi connectivity index (χ4n) is 1.07. The SMILES string of the molecule is O=S(=O)(NCCCCCCl)c1cnc[nH]1. The standard InChI is InChI=1S/C8H14ClN3O2S/c9-4-2-1-3-5-12-15(13,14)8-6-10-7-11-8/h6-7,12H,1-5H2,(H,10,11). The molecule has 0 bridgehead atoms. The molecule has 1 aromatic rings. The highest BCUT2D eigenvalue weighted by Gasteiger charge is 2.13. The van der Waals surface area contributed by atoms with Crippen LogP contribution in [-0.4, -0.2) is 30.8 Å². The summed E-state index contributed by atoms with van der Waals surface area (Å²) in [4.78, 5) is 6.20. The molecule has 1 aromatic heterocycles. The summed E-state index contributed by atoms with van der Waals surface area (Å²) in [6.45, 7) is 0.429. The maximum Gasteiger partial charge on any atom is 0.257 e. The molecule has 0 aliphatic carbocycles. The molecule has 0 aliphatic rings. The minimum atomic E-state index is -3.41. The smallest absolute Gasteiger partial charge is 0.257 e. The first-order chi connectivity index (χ1) is 7.17. The van der Waals surface area contributed by atoms with E-state index in [0.717, 1.165) is 19.3 Å². The predicted octanol–water partition coefficient (Wildman–Crippen LogP) is 1.10. The van der Waals surface area contributed by atoms with Crippen molar-refractivity contribution in [3.63, 3.8) is 0 Å². The number of halogens is 1. The lowest BCUT2D eigenvalue weighted by atomic mass is 10.2. The Balaban J connectivity index is 2.32. The Morgan fingerprint density at radius 2 is 2.20 bits per heavy atom. The molecule has 0 spiro atoms. The van der Waals surface area contributed by atoms with Gasteiger partial charge in [0.25, 0.3) is 10.0 Å². The van der Waals surface area contributed by atoms with E-state index in [0.29, 0.717) is 12.4 Å². The van der Waals surface area contributed by atoms with Crippen molar-refractivity contribution in [1.82, 2.24) is 14.7 Å². The van der Waals surface area contributed by atoms with Crippen LogP contribution in [0.1, 0.15) is 19.3 Å². The first-order valence-corrected chi connectivity index (χ1v) is 6.72. The molecular formula is C8H14ClN3O2S. The van der Waals surface area contributed by atoms with Crippen LogP contribution >= 0.6 is 11.6 Å². The molecule has 0 saturated heterocycles. The zero-order valence-corrected chi connectivity index (χ0v) is 9.81. The minimum absolute atomic E-state index is 0.0971. The van der Waals surface area contributed by atoms with Crippen LogP contribution in [-0.2, 0) is 10.0 Å². The first kappa shape index (κ1) is 12.5. The van der Waals surface area contributed by atoms with E-state index in [1.807, 2.05) is 0 Å². The Hall–Kier alpha value is -0.590. The van der Waals surface area contributed by atoms with Crippen LogP contribution in [0.15, 0.2) is 17.6 Å². The van der Waals surface area contributed by atoms with Gasteiger partial charge >= 0.3 is 0 Å². The van der Waals surface area contributed by atoms with Crippen LogP contribution in [0.25, 0.3) is 0 Å². The van der Waals surface area contributed by atoms with Gasteiger partial charge in [-0.25, -0.2) is 18.1 Å². The van der Waals surface area contributed by atoms with Gasteiger partial charge in [-0.2, -0.15) is 0 Å². The summed E-state index contributed by atoms with van der Waals surface area (Å²) in [5, 5.41) is 0.0971. The maximum absolute atomic E-state index is 11.5. The van der Waals surface area contributed by atoms with Gasteiger partial charge in [-0.3, -0.25) is 0 Å². The minimum Gasteiger partial charge on any atom is -0.335 e. The molecule has 0 aromatic carbocycles. The molecule has 5 nitrogen and oxygen atoms in total. The van der Waals surface area contributed by atoms with Crippen molar-refractivity contribution in [1.29, 1.82) is 0 Å². The number of unbranched alkanes of at least 4 members (excludes halogenated alkanes) is 2. The molecule has 0 saturated carbocycles. The lowest BCUT2D eigenvalue weighted by molar-refractivity contribution is 0.573. The summed E-state index contributed by atoms with van der Waals surface area (Å²) >= 11 is 5.50. The summed E-state index contributed by atoms with van der Waals surface area (Å²) in [6.07, 6.45) is 5.24. The summed E-state index contributed by atoms with van der Waals surface area (Å²) in [6, 6.07) is 0. The van der Waals surface area contributed by atoms with E-state index in [9.17, 15) is 8.42 Å². The van der Waals surface area contributed by atoms with Crippen molar-refractivity contribution in [3.05, 3.63) is 12.5 Å². The van der Waals surface area contributed by atoms with Gasteiger partial charge in [-0.05, 0) is 12.8 Å². The maximum atomic E-state index is 11.5. The van der Waals surface area contributed by atoms with E-state index in [4.69, 9.17) is 11.6 Å². The molecule has 0 amide bonds. The molecular weight excluding hydrogens is 238 g/mol. The van der Waals surface area contributed by atoms with Crippen LogP contribution in [0.5, 0.6) is 0 Å². The van der Waals surface area contributed by atoms with Gasteiger partial charge in [-0.1, -0.05) is 6.42 Å². The quantitative estimate of drug-likeness (QED) is 0.563. The van der Waals surface area contributed by atoms with E-state index in [1.54, 1.807) is 0 Å². The van der Waals surface area contributed by atoms with Crippen LogP contribution in [0.4, 0.5) is 0 Å². The number of H-pyrrole nitrogens is 1. The van der Waals surface area contributed by atoms with Gasteiger partial charge < -0.3 is 4.98 Å². The number of aromatic nitrogens is 2. The molecule has 0 aliphatic heterocycles. The fraction of sp³-hybridized carbons (Fsp3) is 0.625. The fourth-order valence-corrected chi connectivity index (χ4v) is 2.24. The number of aromatic amines is 1. The van der Waals surface area contributed by atoms with Crippen LogP contribution < -0.4 is 4.72 Å². The lowest BCUT2D eigenvalue weighted by Crippen LogP contribution is -2.25. The summed E-state index contributed by atoms with van der Waals surface area (Å²) in [7, 11) is -3.41. The third-order valence-corrected chi connectivity index (χ3v) is 3.52. The van der Waals surface area contributed by atoms with Crippen molar-refractivity contribution >= 4 is 21.6 Å². The van der Waals surface area contributed by atoms with Crippen molar-refractivity contribution in [3.8, 4) is 0 Å². The monoisotopic (exact) mass is 251 g/mol. The summed E-state index contributed by atoms with van der Waals surface area (Å²) in [5.74, 6) is 0.618. The number of sulfonamides is 1. The van der Waals surface area contributed by atoms with Crippen LogP contribution in [0.2, 0.25) is 0 Å². The predicted molar refractivity (Wildman–Crippen MR) is 58.3 cm³/mol. The zero-order valence-electron chi connectivity index (χ0n) is 8.24. The van der Waals surface area contributed by atoms with Gasteiger partial charge in [0.15, 0.2) is 5.03 Å². The molecule has 0 radical (unpaired) electrons. The van der Waals surface area contributed by atoms with E-state index >= 15 is 0 Å². The lowest BCUT2D eigenvalue weighted by Gasteiger charge is -2.03. The average Bonchev–Trinajstić information content (AvgIpc) is 2.70. The Labute approximate surface area is 94.3 Å². The molecule has 15 heavy (non-hydrogen) atoms. The highest BCUT2D eigenvalue weighted by Crippen LogP contribution is 2.02. The highest BCUT2D eigenvalue weighted by atomic mass is 35.5. The molecule has 0 unspecified atom stereocenters. The number of nitrogens with zero attached hydrogens (tertiary/aromatic N) is 1. The van der Waals surface area contributed by atoms with E-state index < -0.39 is 10.0 Å². The van der Waals surface area contributed by atoms with Crippen LogP contribution in [0, 0.1) is 0 Å². The van der Waals surface area contributed by atoms with E-state index in [2.05, 4.69) is 14.7 Å². The number of imidazole rings is 1. The highest BCUT2D eigenvalue weighted by molar-refractivity contribution is 7.89. The molecule has 0 fully saturated rings.